The Kier molecular flexibility index (Phi) is 3.70. The highest BCUT2D eigenvalue weighted by molar-refractivity contribution is 7.99. The van der Waals surface area contributed by atoms with Gasteiger partial charge >= 0.3 is 6.18 Å². The van der Waals surface area contributed by atoms with E-state index in [1.54, 1.807) is 6.07 Å². The number of halogens is 3. The zero-order valence-electron chi connectivity index (χ0n) is 6.90. The van der Waals surface area contributed by atoms with E-state index in [1.807, 2.05) is 0 Å². The van der Waals surface area contributed by atoms with E-state index in [2.05, 4.69) is 9.97 Å². The zero-order valence-corrected chi connectivity index (χ0v) is 7.72. The quantitative estimate of drug-likeness (QED) is 0.624. The third kappa shape index (κ3) is 3.51. The fourth-order valence-corrected chi connectivity index (χ4v) is 1.37. The first-order valence-corrected chi connectivity index (χ1v) is 4.63. The predicted octanol–water partition coefficient (Wildman–Crippen LogP) is 1.49. The molecule has 0 fully saturated rings. The Morgan fingerprint density at radius 2 is 1.93 bits per heavy atom. The van der Waals surface area contributed by atoms with E-state index >= 15 is 0 Å². The lowest BCUT2D eigenvalue weighted by Gasteiger charge is -2.12. The van der Waals surface area contributed by atoms with Crippen molar-refractivity contribution in [3.63, 3.8) is 0 Å². The van der Waals surface area contributed by atoms with Gasteiger partial charge in [0, 0.05) is 18.1 Å². The van der Waals surface area contributed by atoms with Gasteiger partial charge in [-0.05, 0) is 6.07 Å². The topological polar surface area (TPSA) is 46.0 Å². The molecule has 1 atom stereocenters. The van der Waals surface area contributed by atoms with Crippen LogP contribution in [-0.4, -0.2) is 33.1 Å². The average Bonchev–Trinajstić information content (AvgIpc) is 2.14. The number of rotatable bonds is 3. The number of hydrogen-bond donors (Lipinski definition) is 1. The predicted molar refractivity (Wildman–Crippen MR) is 44.8 cm³/mol. The second kappa shape index (κ2) is 4.61. The van der Waals surface area contributed by atoms with Crippen molar-refractivity contribution in [3.05, 3.63) is 18.5 Å². The Hall–Kier alpha value is -0.820. The summed E-state index contributed by atoms with van der Waals surface area (Å²) < 4.78 is 35.5. The van der Waals surface area contributed by atoms with Gasteiger partial charge in [0.05, 0.1) is 0 Å². The van der Waals surface area contributed by atoms with Gasteiger partial charge in [-0.25, -0.2) is 9.97 Å². The summed E-state index contributed by atoms with van der Waals surface area (Å²) in [5.74, 6) is -0.493. The van der Waals surface area contributed by atoms with Gasteiger partial charge in [-0.2, -0.15) is 13.2 Å². The van der Waals surface area contributed by atoms with Crippen LogP contribution in [0, 0.1) is 0 Å². The number of aliphatic hydroxyl groups is 1. The molecule has 78 valence electrons. The Balaban J connectivity index is 2.42. The van der Waals surface area contributed by atoms with Crippen molar-refractivity contribution in [1.82, 2.24) is 9.97 Å². The summed E-state index contributed by atoms with van der Waals surface area (Å²) >= 11 is 0.763. The number of nitrogens with zero attached hydrogens (tertiary/aromatic N) is 2. The second-order valence-corrected chi connectivity index (χ2v) is 3.39. The second-order valence-electron chi connectivity index (χ2n) is 2.40. The Morgan fingerprint density at radius 1 is 1.36 bits per heavy atom. The van der Waals surface area contributed by atoms with E-state index in [-0.39, 0.29) is 5.16 Å². The minimum absolute atomic E-state index is 0.218. The summed E-state index contributed by atoms with van der Waals surface area (Å²) in [7, 11) is 0. The van der Waals surface area contributed by atoms with Crippen LogP contribution in [0.25, 0.3) is 0 Å². The molecule has 14 heavy (non-hydrogen) atoms. The molecule has 0 bridgehead atoms. The van der Waals surface area contributed by atoms with Crippen LogP contribution in [0.2, 0.25) is 0 Å². The molecular weight excluding hydrogens is 217 g/mol. The first kappa shape index (κ1) is 11.3. The van der Waals surface area contributed by atoms with E-state index in [0.29, 0.717) is 0 Å². The Labute approximate surface area is 82.4 Å². The number of alkyl halides is 3. The smallest absolute Gasteiger partial charge is 0.383 e. The standard InChI is InChI=1S/C7H7F3N2OS/c8-7(9,10)5(13)4-14-6-11-2-1-3-12-6/h1-3,5,13H,4H2/t5-/m0/s1. The van der Waals surface area contributed by atoms with E-state index in [4.69, 9.17) is 5.11 Å². The van der Waals surface area contributed by atoms with Gasteiger partial charge in [0.1, 0.15) is 0 Å². The van der Waals surface area contributed by atoms with Crippen molar-refractivity contribution >= 4 is 11.8 Å². The molecule has 1 N–H and O–H groups in total. The lowest BCUT2D eigenvalue weighted by atomic mass is 10.4. The molecule has 0 saturated carbocycles. The fraction of sp³-hybridized carbons (Fsp3) is 0.429. The summed E-state index contributed by atoms with van der Waals surface area (Å²) in [5.41, 5.74) is 0. The molecule has 1 aromatic heterocycles. The molecule has 1 aromatic rings. The third-order valence-electron chi connectivity index (χ3n) is 1.29. The highest BCUT2D eigenvalue weighted by Gasteiger charge is 2.38. The number of aliphatic hydroxyl groups excluding tert-OH is 1. The van der Waals surface area contributed by atoms with Crippen LogP contribution >= 0.6 is 11.8 Å². The lowest BCUT2D eigenvalue weighted by molar-refractivity contribution is -0.195. The van der Waals surface area contributed by atoms with Crippen LogP contribution in [0.1, 0.15) is 0 Å². The summed E-state index contributed by atoms with van der Waals surface area (Å²) in [4.78, 5) is 7.41. The maximum atomic E-state index is 11.8. The normalized spacial score (nSPS) is 14.0. The van der Waals surface area contributed by atoms with E-state index in [9.17, 15) is 13.2 Å². The number of aromatic nitrogens is 2. The van der Waals surface area contributed by atoms with Gasteiger partial charge in [0.15, 0.2) is 11.3 Å². The lowest BCUT2D eigenvalue weighted by Crippen LogP contribution is -2.30. The molecule has 3 nitrogen and oxygen atoms in total. The van der Waals surface area contributed by atoms with E-state index < -0.39 is 18.0 Å². The van der Waals surface area contributed by atoms with Crippen molar-refractivity contribution < 1.29 is 18.3 Å². The molecule has 0 aromatic carbocycles. The van der Waals surface area contributed by atoms with Crippen molar-refractivity contribution in [2.24, 2.45) is 0 Å². The molecule has 7 heteroatoms. The first-order chi connectivity index (χ1) is 6.50. The largest absolute Gasteiger partial charge is 0.415 e. The molecule has 0 amide bonds. The molecule has 0 unspecified atom stereocenters. The highest BCUT2D eigenvalue weighted by atomic mass is 32.2. The SMILES string of the molecule is O[C@@H](CSc1ncccn1)C(F)(F)F. The molecule has 0 saturated heterocycles. The molecule has 1 heterocycles. The van der Waals surface area contributed by atoms with Crippen molar-refractivity contribution in [2.75, 3.05) is 5.75 Å². The molecule has 0 aliphatic carbocycles. The van der Waals surface area contributed by atoms with Crippen LogP contribution in [0.5, 0.6) is 0 Å². The third-order valence-corrected chi connectivity index (χ3v) is 2.24. The first-order valence-electron chi connectivity index (χ1n) is 3.65. The summed E-state index contributed by atoms with van der Waals surface area (Å²) in [6, 6.07) is 1.56. The van der Waals surface area contributed by atoms with Gasteiger partial charge < -0.3 is 5.11 Å². The van der Waals surface area contributed by atoms with E-state index in [1.165, 1.54) is 12.4 Å². The number of hydrogen-bond acceptors (Lipinski definition) is 4. The van der Waals surface area contributed by atoms with Crippen LogP contribution in [0.4, 0.5) is 13.2 Å². The fourth-order valence-electron chi connectivity index (χ4n) is 0.608. The van der Waals surface area contributed by atoms with Crippen LogP contribution < -0.4 is 0 Å². The zero-order chi connectivity index (χ0) is 10.6. The van der Waals surface area contributed by atoms with Crippen molar-refractivity contribution in [2.45, 2.75) is 17.4 Å². The van der Waals surface area contributed by atoms with Gasteiger partial charge in [0.25, 0.3) is 0 Å². The summed E-state index contributed by atoms with van der Waals surface area (Å²) in [6.45, 7) is 0. The average molecular weight is 224 g/mol. The van der Waals surface area contributed by atoms with E-state index in [0.717, 1.165) is 11.8 Å². The minimum Gasteiger partial charge on any atom is -0.383 e. The van der Waals surface area contributed by atoms with Gasteiger partial charge in [-0.15, -0.1) is 0 Å². The summed E-state index contributed by atoms with van der Waals surface area (Å²) in [5, 5.41) is 8.86. The minimum atomic E-state index is -4.58. The maximum Gasteiger partial charge on any atom is 0.415 e. The van der Waals surface area contributed by atoms with Gasteiger partial charge in [-0.3, -0.25) is 0 Å². The monoisotopic (exact) mass is 224 g/mol. The molecule has 1 rings (SSSR count). The molecule has 0 radical (unpaired) electrons. The molecular formula is C7H7F3N2OS. The highest BCUT2D eigenvalue weighted by Crippen LogP contribution is 2.24. The molecule has 0 spiro atoms. The molecule has 0 aliphatic heterocycles. The van der Waals surface area contributed by atoms with Crippen LogP contribution in [0.3, 0.4) is 0 Å². The summed E-state index contributed by atoms with van der Waals surface area (Å²) in [6.07, 6.45) is -4.07. The van der Waals surface area contributed by atoms with Crippen molar-refractivity contribution in [1.29, 1.82) is 0 Å². The van der Waals surface area contributed by atoms with Crippen LogP contribution in [0.15, 0.2) is 23.6 Å². The van der Waals surface area contributed by atoms with Crippen molar-refractivity contribution in [3.8, 4) is 0 Å². The van der Waals surface area contributed by atoms with Gasteiger partial charge in [0.2, 0.25) is 0 Å². The number of thioether (sulfide) groups is 1. The Bertz CT molecular complexity index is 280. The van der Waals surface area contributed by atoms with Crippen LogP contribution in [-0.2, 0) is 0 Å². The molecule has 0 aliphatic rings. The van der Waals surface area contributed by atoms with Gasteiger partial charge in [-0.1, -0.05) is 11.8 Å². The Morgan fingerprint density at radius 3 is 2.43 bits per heavy atom. The maximum absolute atomic E-state index is 11.8.